The van der Waals surface area contributed by atoms with Crippen molar-refractivity contribution in [3.8, 4) is 5.75 Å². The molecule has 1 fully saturated rings. The van der Waals surface area contributed by atoms with Crippen LogP contribution in [-0.2, 0) is 11.3 Å². The number of carbonyl (C=O) groups is 1. The van der Waals surface area contributed by atoms with Gasteiger partial charge in [-0.3, -0.25) is 9.69 Å². The molecule has 1 heterocycles. The molecule has 0 aromatic heterocycles. The largest absolute Gasteiger partial charge is 0.497 e. The van der Waals surface area contributed by atoms with E-state index in [-0.39, 0.29) is 5.91 Å². The van der Waals surface area contributed by atoms with Crippen LogP contribution in [0.5, 0.6) is 5.75 Å². The van der Waals surface area contributed by atoms with Crippen molar-refractivity contribution < 1.29 is 9.53 Å². The van der Waals surface area contributed by atoms with Crippen LogP contribution < -0.4 is 15.0 Å². The fraction of sp³-hybridized carbons (Fsp3) is 0.409. The summed E-state index contributed by atoms with van der Waals surface area (Å²) in [6.07, 6.45) is 3.85. The van der Waals surface area contributed by atoms with Gasteiger partial charge in [-0.25, -0.2) is 0 Å². The van der Waals surface area contributed by atoms with E-state index in [0.29, 0.717) is 13.1 Å². The third-order valence-electron chi connectivity index (χ3n) is 4.90. The molecule has 5 heteroatoms. The van der Waals surface area contributed by atoms with Crippen molar-refractivity contribution in [2.45, 2.75) is 25.8 Å². The molecule has 2 aromatic rings. The van der Waals surface area contributed by atoms with E-state index >= 15 is 0 Å². The topological polar surface area (TPSA) is 44.8 Å². The number of likely N-dealkylation sites (N-methyl/N-ethyl adjacent to an activating group) is 1. The Bertz CT molecular complexity index is 722. The molecule has 0 atom stereocenters. The minimum Gasteiger partial charge on any atom is -0.497 e. The fourth-order valence-electron chi connectivity index (χ4n) is 3.45. The van der Waals surface area contributed by atoms with Crippen LogP contribution in [0.25, 0.3) is 0 Å². The number of amides is 1. The van der Waals surface area contributed by atoms with E-state index in [0.717, 1.165) is 30.1 Å². The zero-order valence-electron chi connectivity index (χ0n) is 16.3. The molecule has 1 aliphatic heterocycles. The fourth-order valence-corrected chi connectivity index (χ4v) is 3.45. The standard InChI is InChI=1S/C22H29N3O2/c1-24(16-18-6-12-21(27-2)13-7-18)17-22(26)23-19-8-10-20(11-9-19)25-14-4-3-5-15-25/h6-13H,3-5,14-17H2,1-2H3,(H,23,26). The summed E-state index contributed by atoms with van der Waals surface area (Å²) >= 11 is 0. The molecule has 5 nitrogen and oxygen atoms in total. The van der Waals surface area contributed by atoms with Crippen LogP contribution in [0.15, 0.2) is 48.5 Å². The van der Waals surface area contributed by atoms with Gasteiger partial charge in [0, 0.05) is 31.0 Å². The van der Waals surface area contributed by atoms with Crippen LogP contribution in [-0.4, -0.2) is 44.6 Å². The Morgan fingerprint density at radius 1 is 1.04 bits per heavy atom. The lowest BCUT2D eigenvalue weighted by molar-refractivity contribution is -0.117. The van der Waals surface area contributed by atoms with Gasteiger partial charge in [-0.2, -0.15) is 0 Å². The van der Waals surface area contributed by atoms with E-state index in [2.05, 4.69) is 22.3 Å². The van der Waals surface area contributed by atoms with E-state index < -0.39 is 0 Å². The predicted molar refractivity (Wildman–Crippen MR) is 110 cm³/mol. The first-order valence-electron chi connectivity index (χ1n) is 9.60. The summed E-state index contributed by atoms with van der Waals surface area (Å²) in [7, 11) is 3.60. The number of rotatable bonds is 7. The molecule has 3 rings (SSSR count). The maximum absolute atomic E-state index is 12.3. The number of piperidine rings is 1. The molecule has 0 saturated carbocycles. The maximum atomic E-state index is 12.3. The molecule has 144 valence electrons. The van der Waals surface area contributed by atoms with Gasteiger partial charge in [0.1, 0.15) is 5.75 Å². The van der Waals surface area contributed by atoms with Gasteiger partial charge in [0.25, 0.3) is 0 Å². The molecule has 1 amide bonds. The first-order valence-corrected chi connectivity index (χ1v) is 9.60. The summed E-state index contributed by atoms with van der Waals surface area (Å²) in [5, 5.41) is 2.99. The molecular formula is C22H29N3O2. The normalized spacial score (nSPS) is 14.3. The third kappa shape index (κ3) is 5.73. The number of methoxy groups -OCH3 is 1. The van der Waals surface area contributed by atoms with Gasteiger partial charge in [-0.05, 0) is 68.3 Å². The minimum atomic E-state index is -0.00302. The van der Waals surface area contributed by atoms with Crippen LogP contribution in [0.1, 0.15) is 24.8 Å². The first kappa shape index (κ1) is 19.2. The molecular weight excluding hydrogens is 338 g/mol. The number of anilines is 2. The van der Waals surface area contributed by atoms with Crippen LogP contribution in [0.4, 0.5) is 11.4 Å². The van der Waals surface area contributed by atoms with Crippen molar-refractivity contribution in [3.05, 3.63) is 54.1 Å². The SMILES string of the molecule is COc1ccc(CN(C)CC(=O)Nc2ccc(N3CCCCC3)cc2)cc1. The second-order valence-corrected chi connectivity index (χ2v) is 7.16. The molecule has 1 aliphatic rings. The lowest BCUT2D eigenvalue weighted by atomic mass is 10.1. The average molecular weight is 367 g/mol. The number of hydrogen-bond donors (Lipinski definition) is 1. The van der Waals surface area contributed by atoms with Gasteiger partial charge in [0.2, 0.25) is 5.91 Å². The second kappa shape index (κ2) is 9.42. The van der Waals surface area contributed by atoms with Gasteiger partial charge in [0.15, 0.2) is 0 Å². The highest BCUT2D eigenvalue weighted by molar-refractivity contribution is 5.92. The Hall–Kier alpha value is -2.53. The average Bonchev–Trinajstić information content (AvgIpc) is 2.69. The van der Waals surface area contributed by atoms with E-state index in [9.17, 15) is 4.79 Å². The molecule has 0 unspecified atom stereocenters. The quantitative estimate of drug-likeness (QED) is 0.809. The Balaban J connectivity index is 1.47. The molecule has 0 aliphatic carbocycles. The van der Waals surface area contributed by atoms with Crippen LogP contribution >= 0.6 is 0 Å². The van der Waals surface area contributed by atoms with Crippen molar-refractivity contribution >= 4 is 17.3 Å². The van der Waals surface area contributed by atoms with Gasteiger partial charge in [-0.15, -0.1) is 0 Å². The van der Waals surface area contributed by atoms with Gasteiger partial charge in [-0.1, -0.05) is 12.1 Å². The van der Waals surface area contributed by atoms with E-state index in [1.807, 2.05) is 48.3 Å². The number of nitrogens with one attached hydrogen (secondary N) is 1. The molecule has 27 heavy (non-hydrogen) atoms. The zero-order chi connectivity index (χ0) is 19.1. The number of nitrogens with zero attached hydrogens (tertiary/aromatic N) is 2. The van der Waals surface area contributed by atoms with Crippen molar-refractivity contribution in [2.24, 2.45) is 0 Å². The monoisotopic (exact) mass is 367 g/mol. The number of ether oxygens (including phenoxy) is 1. The lowest BCUT2D eigenvalue weighted by Crippen LogP contribution is -2.30. The molecule has 1 saturated heterocycles. The Morgan fingerprint density at radius 3 is 2.33 bits per heavy atom. The number of benzene rings is 2. The van der Waals surface area contributed by atoms with Crippen LogP contribution in [0, 0.1) is 0 Å². The molecule has 2 aromatic carbocycles. The van der Waals surface area contributed by atoms with Gasteiger partial charge in [0.05, 0.1) is 13.7 Å². The van der Waals surface area contributed by atoms with Gasteiger partial charge < -0.3 is 15.0 Å². The van der Waals surface area contributed by atoms with E-state index in [1.54, 1.807) is 7.11 Å². The van der Waals surface area contributed by atoms with Crippen LogP contribution in [0.2, 0.25) is 0 Å². The van der Waals surface area contributed by atoms with Crippen molar-refractivity contribution in [2.75, 3.05) is 44.0 Å². The lowest BCUT2D eigenvalue weighted by Gasteiger charge is -2.28. The minimum absolute atomic E-state index is 0.00302. The number of hydrogen-bond acceptors (Lipinski definition) is 4. The smallest absolute Gasteiger partial charge is 0.238 e. The molecule has 0 spiro atoms. The zero-order valence-corrected chi connectivity index (χ0v) is 16.3. The van der Waals surface area contributed by atoms with Crippen molar-refractivity contribution in [1.29, 1.82) is 0 Å². The van der Waals surface area contributed by atoms with E-state index in [4.69, 9.17) is 4.74 Å². The third-order valence-corrected chi connectivity index (χ3v) is 4.90. The summed E-state index contributed by atoms with van der Waals surface area (Å²) in [5.74, 6) is 0.837. The maximum Gasteiger partial charge on any atom is 0.238 e. The van der Waals surface area contributed by atoms with Crippen LogP contribution in [0.3, 0.4) is 0 Å². The summed E-state index contributed by atoms with van der Waals surface area (Å²) in [4.78, 5) is 16.7. The Kier molecular flexibility index (Phi) is 6.71. The Morgan fingerprint density at radius 2 is 1.70 bits per heavy atom. The van der Waals surface area contributed by atoms with Crippen molar-refractivity contribution in [1.82, 2.24) is 4.90 Å². The Labute approximate surface area is 161 Å². The predicted octanol–water partition coefficient (Wildman–Crippen LogP) is 3.76. The first-order chi connectivity index (χ1) is 13.1. The number of carbonyl (C=O) groups excluding carboxylic acids is 1. The summed E-state index contributed by atoms with van der Waals surface area (Å²) in [6.45, 7) is 3.31. The highest BCUT2D eigenvalue weighted by Crippen LogP contribution is 2.21. The summed E-state index contributed by atoms with van der Waals surface area (Å²) < 4.78 is 5.17. The second-order valence-electron chi connectivity index (χ2n) is 7.16. The van der Waals surface area contributed by atoms with Gasteiger partial charge >= 0.3 is 0 Å². The molecule has 0 radical (unpaired) electrons. The summed E-state index contributed by atoms with van der Waals surface area (Å²) in [5.41, 5.74) is 3.24. The van der Waals surface area contributed by atoms with Crippen molar-refractivity contribution in [3.63, 3.8) is 0 Å². The molecule has 1 N–H and O–H groups in total. The highest BCUT2D eigenvalue weighted by Gasteiger charge is 2.11. The molecule has 0 bridgehead atoms. The summed E-state index contributed by atoms with van der Waals surface area (Å²) in [6, 6.07) is 16.1. The van der Waals surface area contributed by atoms with E-state index in [1.165, 1.54) is 24.9 Å². The highest BCUT2D eigenvalue weighted by atomic mass is 16.5.